The fraction of sp³-hybridized carbons (Fsp3) is 0.294. The first-order chi connectivity index (χ1) is 10.1. The lowest BCUT2D eigenvalue weighted by atomic mass is 10.0. The summed E-state index contributed by atoms with van der Waals surface area (Å²) in [6.07, 6.45) is 0. The van der Waals surface area contributed by atoms with Crippen LogP contribution in [0.1, 0.15) is 18.5 Å². The van der Waals surface area contributed by atoms with Crippen molar-refractivity contribution in [2.75, 3.05) is 18.0 Å². The van der Waals surface area contributed by atoms with Crippen LogP contribution in [-0.4, -0.2) is 19.1 Å². The first-order valence-corrected chi connectivity index (χ1v) is 7.90. The third kappa shape index (κ3) is 3.34. The Morgan fingerprint density at radius 2 is 1.71 bits per heavy atom. The van der Waals surface area contributed by atoms with Gasteiger partial charge in [-0.1, -0.05) is 53.5 Å². The maximum absolute atomic E-state index is 6.17. The molecule has 0 aromatic heterocycles. The first kappa shape index (κ1) is 14.7. The summed E-state index contributed by atoms with van der Waals surface area (Å²) in [5, 5.41) is 4.90. The van der Waals surface area contributed by atoms with Crippen molar-refractivity contribution in [3.8, 4) is 0 Å². The zero-order valence-corrected chi connectivity index (χ0v) is 13.4. The van der Waals surface area contributed by atoms with E-state index in [1.165, 1.54) is 5.56 Å². The number of piperazine rings is 1. The molecule has 110 valence electrons. The lowest BCUT2D eigenvalue weighted by molar-refractivity contribution is 0.416. The van der Waals surface area contributed by atoms with Crippen LogP contribution < -0.4 is 10.2 Å². The molecule has 1 saturated heterocycles. The number of rotatable bonds is 2. The highest BCUT2D eigenvalue weighted by Gasteiger charge is 2.27. The molecule has 0 spiro atoms. The van der Waals surface area contributed by atoms with Gasteiger partial charge in [0.2, 0.25) is 0 Å². The number of benzene rings is 2. The Hall–Kier alpha value is -1.22. The van der Waals surface area contributed by atoms with E-state index in [9.17, 15) is 0 Å². The smallest absolute Gasteiger partial charge is 0.0667 e. The molecule has 2 aromatic carbocycles. The molecule has 21 heavy (non-hydrogen) atoms. The Bertz CT molecular complexity index is 595. The Labute approximate surface area is 135 Å². The van der Waals surface area contributed by atoms with E-state index in [1.54, 1.807) is 6.07 Å². The number of nitrogens with one attached hydrogen (secondary N) is 1. The Morgan fingerprint density at radius 3 is 2.38 bits per heavy atom. The summed E-state index contributed by atoms with van der Waals surface area (Å²) in [6.45, 7) is 4.03. The number of hydrogen-bond acceptors (Lipinski definition) is 2. The summed E-state index contributed by atoms with van der Waals surface area (Å²) < 4.78 is 0. The van der Waals surface area contributed by atoms with Crippen LogP contribution in [-0.2, 0) is 0 Å². The second-order valence-electron chi connectivity index (χ2n) is 5.52. The Morgan fingerprint density at radius 1 is 1.05 bits per heavy atom. The van der Waals surface area contributed by atoms with E-state index in [2.05, 4.69) is 41.4 Å². The van der Waals surface area contributed by atoms with Crippen LogP contribution in [0.2, 0.25) is 10.0 Å². The zero-order chi connectivity index (χ0) is 14.8. The van der Waals surface area contributed by atoms with Crippen LogP contribution in [0, 0.1) is 0 Å². The molecule has 2 unspecified atom stereocenters. The van der Waals surface area contributed by atoms with Gasteiger partial charge >= 0.3 is 0 Å². The van der Waals surface area contributed by atoms with Crippen molar-refractivity contribution in [3.05, 3.63) is 64.1 Å². The SMILES string of the molecule is CC1CN(c2cc(Cl)cc(Cl)c2)C(c2ccccc2)CN1. The predicted molar refractivity (Wildman–Crippen MR) is 90.5 cm³/mol. The fourth-order valence-corrected chi connectivity index (χ4v) is 3.39. The quantitative estimate of drug-likeness (QED) is 0.874. The molecule has 0 bridgehead atoms. The molecule has 2 aromatic rings. The fourth-order valence-electron chi connectivity index (χ4n) is 2.87. The number of hydrogen-bond donors (Lipinski definition) is 1. The third-order valence-electron chi connectivity index (χ3n) is 3.87. The summed E-state index contributed by atoms with van der Waals surface area (Å²) >= 11 is 12.3. The minimum atomic E-state index is 0.289. The van der Waals surface area contributed by atoms with Crippen LogP contribution >= 0.6 is 23.2 Å². The number of halogens is 2. The van der Waals surface area contributed by atoms with Gasteiger partial charge in [-0.15, -0.1) is 0 Å². The second kappa shape index (κ2) is 6.27. The Kier molecular flexibility index (Phi) is 4.39. The molecule has 0 aliphatic carbocycles. The molecule has 0 saturated carbocycles. The largest absolute Gasteiger partial charge is 0.362 e. The molecule has 3 rings (SSSR count). The van der Waals surface area contributed by atoms with Crippen molar-refractivity contribution >= 4 is 28.9 Å². The summed E-state index contributed by atoms with van der Waals surface area (Å²) in [5.41, 5.74) is 2.38. The average molecular weight is 321 g/mol. The van der Waals surface area contributed by atoms with Crippen molar-refractivity contribution < 1.29 is 0 Å². The van der Waals surface area contributed by atoms with E-state index < -0.39 is 0 Å². The highest BCUT2D eigenvalue weighted by atomic mass is 35.5. The lowest BCUT2D eigenvalue weighted by Crippen LogP contribution is -2.51. The molecule has 1 aliphatic heterocycles. The average Bonchev–Trinajstić information content (AvgIpc) is 2.47. The molecular weight excluding hydrogens is 303 g/mol. The van der Waals surface area contributed by atoms with Gasteiger partial charge in [-0.3, -0.25) is 0 Å². The molecule has 1 aliphatic rings. The molecule has 4 heteroatoms. The first-order valence-electron chi connectivity index (χ1n) is 7.14. The van der Waals surface area contributed by atoms with E-state index >= 15 is 0 Å². The molecule has 2 nitrogen and oxygen atoms in total. The summed E-state index contributed by atoms with van der Waals surface area (Å²) in [5.74, 6) is 0. The molecule has 1 N–H and O–H groups in total. The van der Waals surface area contributed by atoms with Crippen molar-refractivity contribution in [2.24, 2.45) is 0 Å². The van der Waals surface area contributed by atoms with Crippen LogP contribution in [0.4, 0.5) is 5.69 Å². The molecular formula is C17H18Cl2N2. The molecule has 1 fully saturated rings. The van der Waals surface area contributed by atoms with Crippen LogP contribution in [0.15, 0.2) is 48.5 Å². The van der Waals surface area contributed by atoms with E-state index in [1.807, 2.05) is 18.2 Å². The second-order valence-corrected chi connectivity index (χ2v) is 6.39. The topological polar surface area (TPSA) is 15.3 Å². The van der Waals surface area contributed by atoms with Gasteiger partial charge in [0, 0.05) is 34.9 Å². The van der Waals surface area contributed by atoms with Crippen LogP contribution in [0.3, 0.4) is 0 Å². The van der Waals surface area contributed by atoms with Crippen molar-refractivity contribution in [1.82, 2.24) is 5.32 Å². The minimum Gasteiger partial charge on any atom is -0.362 e. The minimum absolute atomic E-state index is 0.289. The van der Waals surface area contributed by atoms with E-state index in [0.717, 1.165) is 18.8 Å². The highest BCUT2D eigenvalue weighted by molar-refractivity contribution is 6.35. The van der Waals surface area contributed by atoms with E-state index in [0.29, 0.717) is 16.1 Å². The van der Waals surface area contributed by atoms with Gasteiger partial charge in [-0.2, -0.15) is 0 Å². The van der Waals surface area contributed by atoms with Crippen LogP contribution in [0.25, 0.3) is 0 Å². The zero-order valence-electron chi connectivity index (χ0n) is 11.9. The monoisotopic (exact) mass is 320 g/mol. The molecule has 0 radical (unpaired) electrons. The molecule has 2 atom stereocenters. The van der Waals surface area contributed by atoms with E-state index in [4.69, 9.17) is 23.2 Å². The van der Waals surface area contributed by atoms with Gasteiger partial charge in [0.15, 0.2) is 0 Å². The van der Waals surface area contributed by atoms with Crippen molar-refractivity contribution in [3.63, 3.8) is 0 Å². The number of anilines is 1. The van der Waals surface area contributed by atoms with Gasteiger partial charge in [-0.05, 0) is 30.7 Å². The van der Waals surface area contributed by atoms with Crippen molar-refractivity contribution in [1.29, 1.82) is 0 Å². The summed E-state index contributed by atoms with van der Waals surface area (Å²) in [4.78, 5) is 2.38. The normalized spacial score (nSPS) is 22.3. The van der Waals surface area contributed by atoms with Crippen LogP contribution in [0.5, 0.6) is 0 Å². The van der Waals surface area contributed by atoms with Gasteiger partial charge in [0.05, 0.1) is 6.04 Å². The van der Waals surface area contributed by atoms with Gasteiger partial charge in [0.1, 0.15) is 0 Å². The standard InChI is InChI=1S/C17H18Cl2N2/c1-12-11-21(16-8-14(18)7-15(19)9-16)17(10-20-12)13-5-3-2-4-6-13/h2-9,12,17,20H,10-11H2,1H3. The lowest BCUT2D eigenvalue weighted by Gasteiger charge is -2.41. The van der Waals surface area contributed by atoms with E-state index in [-0.39, 0.29) is 6.04 Å². The number of nitrogens with zero attached hydrogens (tertiary/aromatic N) is 1. The summed E-state index contributed by atoms with van der Waals surface area (Å²) in [6, 6.07) is 17.0. The maximum Gasteiger partial charge on any atom is 0.0667 e. The summed E-state index contributed by atoms with van der Waals surface area (Å²) in [7, 11) is 0. The van der Waals surface area contributed by atoms with Gasteiger partial charge in [-0.25, -0.2) is 0 Å². The molecule has 1 heterocycles. The van der Waals surface area contributed by atoms with Crippen molar-refractivity contribution in [2.45, 2.75) is 19.0 Å². The predicted octanol–water partition coefficient (Wildman–Crippen LogP) is 4.53. The maximum atomic E-state index is 6.17. The van der Waals surface area contributed by atoms with Gasteiger partial charge < -0.3 is 10.2 Å². The molecule has 0 amide bonds. The Balaban J connectivity index is 1.98. The van der Waals surface area contributed by atoms with Gasteiger partial charge in [0.25, 0.3) is 0 Å². The highest BCUT2D eigenvalue weighted by Crippen LogP contribution is 2.33. The third-order valence-corrected chi connectivity index (χ3v) is 4.31.